The Labute approximate surface area is 131 Å². The molecule has 0 atom stereocenters. The van der Waals surface area contributed by atoms with E-state index in [1.54, 1.807) is 24.5 Å². The normalized spacial score (nSPS) is 10.5. The summed E-state index contributed by atoms with van der Waals surface area (Å²) in [6, 6.07) is 12.1. The van der Waals surface area contributed by atoms with Gasteiger partial charge < -0.3 is 5.32 Å². The molecule has 1 aromatic carbocycles. The highest BCUT2D eigenvalue weighted by molar-refractivity contribution is 7.20. The zero-order valence-corrected chi connectivity index (χ0v) is 12.7. The third-order valence-corrected chi connectivity index (χ3v) is 4.23. The van der Waals surface area contributed by atoms with E-state index in [1.807, 2.05) is 18.2 Å². The molecule has 0 aliphatic carbocycles. The van der Waals surface area contributed by atoms with Crippen LogP contribution in [0.25, 0.3) is 21.6 Å². The minimum absolute atomic E-state index is 0.117. The first-order chi connectivity index (χ1) is 10.6. The van der Waals surface area contributed by atoms with Crippen molar-refractivity contribution in [2.75, 3.05) is 5.32 Å². The van der Waals surface area contributed by atoms with E-state index in [0.29, 0.717) is 0 Å². The number of nitrogens with zero attached hydrogens (tertiary/aromatic N) is 1. The van der Waals surface area contributed by atoms with Crippen LogP contribution in [0.3, 0.4) is 0 Å². The van der Waals surface area contributed by atoms with Crippen LogP contribution in [-0.2, 0) is 4.79 Å². The Bertz CT molecular complexity index is 797. The molecule has 2 aromatic heterocycles. The molecule has 0 unspecified atom stereocenters. The Morgan fingerprint density at radius 3 is 2.41 bits per heavy atom. The second kappa shape index (κ2) is 6.07. The lowest BCUT2D eigenvalue weighted by Gasteiger charge is -2.03. The number of nitrogens with one attached hydrogen (secondary N) is 1. The molecule has 110 valence electrons. The lowest BCUT2D eigenvalue weighted by molar-refractivity contribution is -0.114. The summed E-state index contributed by atoms with van der Waals surface area (Å²) in [6.45, 7) is 1.48. The van der Waals surface area contributed by atoms with E-state index >= 15 is 0 Å². The molecule has 3 nitrogen and oxygen atoms in total. The fourth-order valence-electron chi connectivity index (χ4n) is 2.19. The van der Waals surface area contributed by atoms with Crippen LogP contribution < -0.4 is 5.32 Å². The van der Waals surface area contributed by atoms with Gasteiger partial charge in [-0.1, -0.05) is 12.1 Å². The van der Waals surface area contributed by atoms with Crippen LogP contribution in [0.1, 0.15) is 6.92 Å². The second-order valence-corrected chi connectivity index (χ2v) is 5.83. The largest absolute Gasteiger partial charge is 0.318 e. The van der Waals surface area contributed by atoms with E-state index < -0.39 is 0 Å². The third-order valence-electron chi connectivity index (χ3n) is 3.13. The molecule has 0 saturated heterocycles. The topological polar surface area (TPSA) is 42.0 Å². The molecule has 0 spiro atoms. The summed E-state index contributed by atoms with van der Waals surface area (Å²) in [5, 5.41) is 3.57. The summed E-state index contributed by atoms with van der Waals surface area (Å²) in [5.74, 6) is -0.389. The zero-order valence-electron chi connectivity index (χ0n) is 11.8. The SMILES string of the molecule is CC(=O)Nc1cc(-c2ccc(F)cc2)c(-c2ccncc2)s1. The number of pyridine rings is 1. The molecular formula is C17H13FN2OS. The van der Waals surface area contributed by atoms with Crippen molar-refractivity contribution in [3.63, 3.8) is 0 Å². The average molecular weight is 312 g/mol. The van der Waals surface area contributed by atoms with Crippen molar-refractivity contribution < 1.29 is 9.18 Å². The molecule has 0 radical (unpaired) electrons. The van der Waals surface area contributed by atoms with Gasteiger partial charge >= 0.3 is 0 Å². The third kappa shape index (κ3) is 3.04. The van der Waals surface area contributed by atoms with Crippen molar-refractivity contribution in [2.24, 2.45) is 0 Å². The predicted octanol–water partition coefficient (Wildman–Crippen LogP) is 4.57. The molecule has 1 amide bonds. The molecule has 0 aliphatic rings. The number of amides is 1. The van der Waals surface area contributed by atoms with Gasteiger partial charge in [0, 0.05) is 29.8 Å². The minimum atomic E-state index is -0.272. The van der Waals surface area contributed by atoms with E-state index in [2.05, 4.69) is 10.3 Å². The maximum atomic E-state index is 13.1. The first-order valence-corrected chi connectivity index (χ1v) is 7.53. The number of halogens is 1. The van der Waals surface area contributed by atoms with Crippen LogP contribution in [0.15, 0.2) is 54.9 Å². The predicted molar refractivity (Wildman–Crippen MR) is 87.2 cm³/mol. The molecule has 22 heavy (non-hydrogen) atoms. The number of carbonyl (C=O) groups excluding carboxylic acids is 1. The molecule has 0 saturated carbocycles. The highest BCUT2D eigenvalue weighted by atomic mass is 32.1. The van der Waals surface area contributed by atoms with Gasteiger partial charge in [0.1, 0.15) is 5.82 Å². The van der Waals surface area contributed by atoms with Crippen LogP contribution >= 0.6 is 11.3 Å². The van der Waals surface area contributed by atoms with Gasteiger partial charge in [-0.25, -0.2) is 4.39 Å². The number of thiophene rings is 1. The zero-order chi connectivity index (χ0) is 15.5. The Morgan fingerprint density at radius 1 is 1.09 bits per heavy atom. The van der Waals surface area contributed by atoms with Crippen molar-refractivity contribution in [1.29, 1.82) is 0 Å². The van der Waals surface area contributed by atoms with E-state index in [0.717, 1.165) is 26.6 Å². The van der Waals surface area contributed by atoms with Crippen LogP contribution in [-0.4, -0.2) is 10.9 Å². The monoisotopic (exact) mass is 312 g/mol. The highest BCUT2D eigenvalue weighted by Crippen LogP contribution is 2.41. The molecular weight excluding hydrogens is 299 g/mol. The van der Waals surface area contributed by atoms with Gasteiger partial charge in [0.15, 0.2) is 0 Å². The number of anilines is 1. The maximum absolute atomic E-state index is 13.1. The molecule has 0 bridgehead atoms. The fourth-order valence-corrected chi connectivity index (χ4v) is 3.32. The average Bonchev–Trinajstić information content (AvgIpc) is 2.92. The van der Waals surface area contributed by atoms with Crippen molar-refractivity contribution >= 4 is 22.2 Å². The van der Waals surface area contributed by atoms with Gasteiger partial charge in [-0.15, -0.1) is 11.3 Å². The Hall–Kier alpha value is -2.53. The molecule has 3 rings (SSSR count). The van der Waals surface area contributed by atoms with E-state index in [-0.39, 0.29) is 11.7 Å². The first-order valence-electron chi connectivity index (χ1n) is 6.71. The van der Waals surface area contributed by atoms with Crippen LogP contribution in [0.2, 0.25) is 0 Å². The van der Waals surface area contributed by atoms with Crippen molar-refractivity contribution in [3.8, 4) is 21.6 Å². The van der Waals surface area contributed by atoms with Gasteiger partial charge in [-0.05, 0) is 41.5 Å². The summed E-state index contributed by atoms with van der Waals surface area (Å²) < 4.78 is 13.1. The smallest absolute Gasteiger partial charge is 0.221 e. The quantitative estimate of drug-likeness (QED) is 0.769. The summed E-state index contributed by atoms with van der Waals surface area (Å²) in [6.07, 6.45) is 3.45. The number of benzene rings is 1. The van der Waals surface area contributed by atoms with Gasteiger partial charge in [0.05, 0.1) is 5.00 Å². The van der Waals surface area contributed by atoms with Gasteiger partial charge in [0.25, 0.3) is 0 Å². The second-order valence-electron chi connectivity index (χ2n) is 4.78. The highest BCUT2D eigenvalue weighted by Gasteiger charge is 2.13. The minimum Gasteiger partial charge on any atom is -0.318 e. The molecule has 2 heterocycles. The summed E-state index contributed by atoms with van der Waals surface area (Å²) in [5.41, 5.74) is 2.87. The Balaban J connectivity index is 2.12. The number of aromatic nitrogens is 1. The van der Waals surface area contributed by atoms with Crippen molar-refractivity contribution in [1.82, 2.24) is 4.98 Å². The fraction of sp³-hybridized carbons (Fsp3) is 0.0588. The first kappa shape index (κ1) is 14.4. The van der Waals surface area contributed by atoms with Gasteiger partial charge in [0.2, 0.25) is 5.91 Å². The number of hydrogen-bond acceptors (Lipinski definition) is 3. The van der Waals surface area contributed by atoms with Crippen molar-refractivity contribution in [2.45, 2.75) is 6.92 Å². The summed E-state index contributed by atoms with van der Waals surface area (Å²) >= 11 is 1.49. The van der Waals surface area contributed by atoms with Crippen LogP contribution in [0.4, 0.5) is 9.39 Å². The van der Waals surface area contributed by atoms with E-state index in [4.69, 9.17) is 0 Å². The molecule has 3 aromatic rings. The van der Waals surface area contributed by atoms with Crippen LogP contribution in [0.5, 0.6) is 0 Å². The maximum Gasteiger partial charge on any atom is 0.221 e. The standard InChI is InChI=1S/C17H13FN2OS/c1-11(21)20-16-10-15(12-2-4-14(18)5-3-12)17(22-16)13-6-8-19-9-7-13/h2-10H,1H3,(H,20,21). The Morgan fingerprint density at radius 2 is 1.77 bits per heavy atom. The molecule has 1 N–H and O–H groups in total. The Kier molecular flexibility index (Phi) is 3.98. The van der Waals surface area contributed by atoms with Crippen molar-refractivity contribution in [3.05, 3.63) is 60.7 Å². The number of carbonyl (C=O) groups is 1. The summed E-state index contributed by atoms with van der Waals surface area (Å²) in [7, 11) is 0. The molecule has 5 heteroatoms. The lowest BCUT2D eigenvalue weighted by Crippen LogP contribution is -2.03. The molecule has 0 aliphatic heterocycles. The lowest BCUT2D eigenvalue weighted by atomic mass is 10.0. The van der Waals surface area contributed by atoms with Gasteiger partial charge in [-0.2, -0.15) is 0 Å². The van der Waals surface area contributed by atoms with E-state index in [1.165, 1.54) is 30.4 Å². The van der Waals surface area contributed by atoms with E-state index in [9.17, 15) is 9.18 Å². The molecule has 0 fully saturated rings. The van der Waals surface area contributed by atoms with Gasteiger partial charge in [-0.3, -0.25) is 9.78 Å². The van der Waals surface area contributed by atoms with Crippen LogP contribution in [0, 0.1) is 5.82 Å². The number of hydrogen-bond donors (Lipinski definition) is 1. The number of rotatable bonds is 3. The summed E-state index contributed by atoms with van der Waals surface area (Å²) in [4.78, 5) is 16.3.